The molecule has 0 bridgehead atoms. The van der Waals surface area contributed by atoms with Gasteiger partial charge in [0, 0.05) is 5.56 Å². The first-order chi connectivity index (χ1) is 10.1. The van der Waals surface area contributed by atoms with Crippen LogP contribution >= 0.6 is 0 Å². The van der Waals surface area contributed by atoms with Crippen LogP contribution in [0.25, 0.3) is 0 Å². The molecule has 0 aliphatic carbocycles. The molecule has 0 radical (unpaired) electrons. The van der Waals surface area contributed by atoms with Gasteiger partial charge >= 0.3 is 0 Å². The van der Waals surface area contributed by atoms with Crippen LogP contribution in [0, 0.1) is 34.6 Å². The molecule has 22 heavy (non-hydrogen) atoms. The Kier molecular flexibility index (Phi) is 3.96. The van der Waals surface area contributed by atoms with E-state index in [-0.39, 0.29) is 26.9 Å². The molecule has 0 aromatic heterocycles. The molecule has 0 fully saturated rings. The molecular weight excluding hydrogens is 300 g/mol. The van der Waals surface area contributed by atoms with E-state index in [1.54, 1.807) is 26.8 Å². The van der Waals surface area contributed by atoms with Crippen LogP contribution in [0.5, 0.6) is 11.5 Å². The van der Waals surface area contributed by atoms with Gasteiger partial charge in [0.1, 0.15) is 16.4 Å². The lowest BCUT2D eigenvalue weighted by atomic mass is 10.0. The molecule has 2 rings (SSSR count). The molecule has 2 aromatic rings. The summed E-state index contributed by atoms with van der Waals surface area (Å²) in [4.78, 5) is -0.0737. The van der Waals surface area contributed by atoms with Crippen molar-refractivity contribution in [3.63, 3.8) is 0 Å². The summed E-state index contributed by atoms with van der Waals surface area (Å²) >= 11 is 0. The molecule has 0 aliphatic heterocycles. The van der Waals surface area contributed by atoms with Crippen molar-refractivity contribution in [2.24, 2.45) is 0 Å². The highest BCUT2D eigenvalue weighted by Gasteiger charge is 2.28. The maximum Gasteiger partial charge on any atom is 0.210 e. The Hall–Kier alpha value is -2.01. The number of hydrogen-bond donors (Lipinski definition) is 2. The van der Waals surface area contributed by atoms with Gasteiger partial charge in [0.2, 0.25) is 9.84 Å². The third kappa shape index (κ3) is 2.35. The van der Waals surface area contributed by atoms with Crippen molar-refractivity contribution in [2.75, 3.05) is 0 Å². The molecule has 118 valence electrons. The van der Waals surface area contributed by atoms with Gasteiger partial charge in [-0.15, -0.1) is 0 Å². The maximum atomic E-state index is 13.0. The molecule has 0 atom stereocenters. The predicted octanol–water partition coefficient (Wildman–Crippen LogP) is 3.47. The number of sulfone groups is 1. The number of phenolic OH excluding ortho intramolecular Hbond substituents is 2. The first-order valence-electron chi connectivity index (χ1n) is 6.93. The maximum absolute atomic E-state index is 13.0. The molecule has 2 aromatic carbocycles. The van der Waals surface area contributed by atoms with Crippen LogP contribution in [-0.4, -0.2) is 18.6 Å². The van der Waals surface area contributed by atoms with E-state index < -0.39 is 9.84 Å². The van der Waals surface area contributed by atoms with E-state index in [2.05, 4.69) is 0 Å². The highest BCUT2D eigenvalue weighted by Crippen LogP contribution is 2.38. The SMILES string of the molecule is Cc1cc(S(=O)(=O)c2c(C)ccc(O)c2C)c(O)c(C)c1C. The molecule has 0 amide bonds. The third-order valence-electron chi connectivity index (χ3n) is 4.22. The van der Waals surface area contributed by atoms with Crippen molar-refractivity contribution in [1.29, 1.82) is 0 Å². The Balaban J connectivity index is 2.87. The lowest BCUT2D eigenvalue weighted by Gasteiger charge is -2.16. The summed E-state index contributed by atoms with van der Waals surface area (Å²) in [5, 5.41) is 20.1. The summed E-state index contributed by atoms with van der Waals surface area (Å²) in [6.45, 7) is 8.57. The Morgan fingerprint density at radius 2 is 1.41 bits per heavy atom. The minimum absolute atomic E-state index is 0.0467. The van der Waals surface area contributed by atoms with E-state index in [1.807, 2.05) is 13.8 Å². The minimum atomic E-state index is -3.93. The van der Waals surface area contributed by atoms with E-state index in [1.165, 1.54) is 12.1 Å². The van der Waals surface area contributed by atoms with Crippen molar-refractivity contribution in [3.05, 3.63) is 46.0 Å². The van der Waals surface area contributed by atoms with Crippen molar-refractivity contribution in [3.8, 4) is 11.5 Å². The monoisotopic (exact) mass is 320 g/mol. The van der Waals surface area contributed by atoms with Gasteiger partial charge in [-0.2, -0.15) is 0 Å². The number of rotatable bonds is 2. The lowest BCUT2D eigenvalue weighted by molar-refractivity contribution is 0.452. The zero-order chi connectivity index (χ0) is 16.8. The van der Waals surface area contributed by atoms with Gasteiger partial charge in [0.25, 0.3) is 0 Å². The lowest BCUT2D eigenvalue weighted by Crippen LogP contribution is -2.08. The van der Waals surface area contributed by atoms with E-state index >= 15 is 0 Å². The zero-order valence-corrected chi connectivity index (χ0v) is 14.2. The molecule has 0 saturated heterocycles. The molecule has 0 aliphatic rings. The van der Waals surface area contributed by atoms with Gasteiger partial charge in [-0.3, -0.25) is 0 Å². The normalized spacial score (nSPS) is 11.7. The fourth-order valence-corrected chi connectivity index (χ4v) is 4.54. The second-order valence-electron chi connectivity index (χ2n) is 5.65. The molecule has 4 nitrogen and oxygen atoms in total. The van der Waals surface area contributed by atoms with Crippen molar-refractivity contribution < 1.29 is 18.6 Å². The van der Waals surface area contributed by atoms with Crippen LogP contribution in [0.4, 0.5) is 0 Å². The zero-order valence-electron chi connectivity index (χ0n) is 13.4. The quantitative estimate of drug-likeness (QED) is 0.888. The first kappa shape index (κ1) is 16.4. The van der Waals surface area contributed by atoms with Gasteiger partial charge in [0.15, 0.2) is 0 Å². The standard InChI is InChI=1S/C17H20O4S/c1-9-6-7-14(18)13(5)17(9)22(20,21)15-8-10(2)11(3)12(4)16(15)19/h6-8,18-19H,1-5H3. The van der Waals surface area contributed by atoms with E-state index in [9.17, 15) is 18.6 Å². The van der Waals surface area contributed by atoms with Crippen molar-refractivity contribution in [2.45, 2.75) is 44.4 Å². The molecule has 0 saturated carbocycles. The van der Waals surface area contributed by atoms with Crippen molar-refractivity contribution >= 4 is 9.84 Å². The summed E-state index contributed by atoms with van der Waals surface area (Å²) in [6, 6.07) is 4.51. The fourth-order valence-electron chi connectivity index (χ4n) is 2.58. The van der Waals surface area contributed by atoms with E-state index in [4.69, 9.17) is 0 Å². The third-order valence-corrected chi connectivity index (χ3v) is 6.28. The summed E-state index contributed by atoms with van der Waals surface area (Å²) < 4.78 is 26.0. The summed E-state index contributed by atoms with van der Waals surface area (Å²) in [7, 11) is -3.93. The average molecular weight is 320 g/mol. The number of phenols is 2. The van der Waals surface area contributed by atoms with Gasteiger partial charge in [-0.25, -0.2) is 8.42 Å². The van der Waals surface area contributed by atoms with Crippen LogP contribution in [0.15, 0.2) is 28.0 Å². The highest BCUT2D eigenvalue weighted by molar-refractivity contribution is 7.91. The molecule has 5 heteroatoms. The number of hydrogen-bond acceptors (Lipinski definition) is 4. The topological polar surface area (TPSA) is 74.6 Å². The van der Waals surface area contributed by atoms with Crippen molar-refractivity contribution in [1.82, 2.24) is 0 Å². The van der Waals surface area contributed by atoms with Gasteiger partial charge in [-0.1, -0.05) is 6.07 Å². The second-order valence-corrected chi connectivity index (χ2v) is 7.50. The molecule has 0 unspecified atom stereocenters. The molecule has 0 heterocycles. The predicted molar refractivity (Wildman–Crippen MR) is 85.4 cm³/mol. The van der Waals surface area contributed by atoms with Crippen LogP contribution in [0.2, 0.25) is 0 Å². The van der Waals surface area contributed by atoms with Gasteiger partial charge < -0.3 is 10.2 Å². The molecule has 2 N–H and O–H groups in total. The van der Waals surface area contributed by atoms with E-state index in [0.717, 1.165) is 11.1 Å². The first-order valence-corrected chi connectivity index (χ1v) is 8.41. The molecule has 0 spiro atoms. The van der Waals surface area contributed by atoms with Crippen LogP contribution in [-0.2, 0) is 9.84 Å². The van der Waals surface area contributed by atoms with Crippen LogP contribution < -0.4 is 0 Å². The number of aromatic hydroxyl groups is 2. The number of benzene rings is 2. The smallest absolute Gasteiger partial charge is 0.210 e. The van der Waals surface area contributed by atoms with Gasteiger partial charge in [0.05, 0.1) is 4.90 Å². The van der Waals surface area contributed by atoms with E-state index in [0.29, 0.717) is 11.1 Å². The fraction of sp³-hybridized carbons (Fsp3) is 0.294. The minimum Gasteiger partial charge on any atom is -0.508 e. The van der Waals surface area contributed by atoms with Crippen LogP contribution in [0.3, 0.4) is 0 Å². The van der Waals surface area contributed by atoms with Gasteiger partial charge in [-0.05, 0) is 69.0 Å². The Morgan fingerprint density at radius 1 is 0.818 bits per heavy atom. The summed E-state index contributed by atoms with van der Waals surface area (Å²) in [5.41, 5.74) is 3.03. The number of aryl methyl sites for hydroxylation is 2. The Morgan fingerprint density at radius 3 is 2.00 bits per heavy atom. The van der Waals surface area contributed by atoms with Crippen LogP contribution in [0.1, 0.15) is 27.8 Å². The molecular formula is C17H20O4S. The summed E-state index contributed by atoms with van der Waals surface area (Å²) in [6.07, 6.45) is 0. The second kappa shape index (κ2) is 5.32. The Bertz CT molecular complexity index is 865. The largest absolute Gasteiger partial charge is 0.508 e. The Labute approximate surface area is 131 Å². The summed E-state index contributed by atoms with van der Waals surface area (Å²) in [5.74, 6) is -0.311. The average Bonchev–Trinajstić information content (AvgIpc) is 2.44. The highest BCUT2D eigenvalue weighted by atomic mass is 32.2.